The number of carboxylic acids is 2. The summed E-state index contributed by atoms with van der Waals surface area (Å²) in [6.45, 7) is 0. The summed E-state index contributed by atoms with van der Waals surface area (Å²) in [6.07, 6.45) is 1.18. The third-order valence-corrected chi connectivity index (χ3v) is 2.67. The predicted molar refractivity (Wildman–Crippen MR) is 63.1 cm³/mol. The number of aromatic nitrogens is 1. The van der Waals surface area contributed by atoms with E-state index in [0.29, 0.717) is 5.52 Å². The van der Waals surface area contributed by atoms with Crippen LogP contribution in [0.4, 0.5) is 0 Å². The molecule has 6 nitrogen and oxygen atoms in total. The number of hydrogen-bond donors (Lipinski definition) is 2. The Morgan fingerprint density at radius 3 is 2.39 bits per heavy atom. The van der Waals surface area contributed by atoms with Crippen LogP contribution in [0.3, 0.4) is 0 Å². The molecule has 2 aromatic rings. The highest BCUT2D eigenvalue weighted by Gasteiger charge is 2.14. The van der Waals surface area contributed by atoms with Gasteiger partial charge in [0.2, 0.25) is 5.43 Å². The number of nitrogens with zero attached hydrogens (tertiary/aromatic N) is 1. The molecule has 1 heterocycles. The van der Waals surface area contributed by atoms with Crippen LogP contribution >= 0.6 is 0 Å². The van der Waals surface area contributed by atoms with Gasteiger partial charge in [0.05, 0.1) is 11.1 Å². The fourth-order valence-corrected chi connectivity index (χ4v) is 1.77. The molecule has 18 heavy (non-hydrogen) atoms. The molecule has 0 saturated heterocycles. The lowest BCUT2D eigenvalue weighted by atomic mass is 10.1. The minimum absolute atomic E-state index is 0.0422. The first-order chi connectivity index (χ1) is 8.41. The zero-order valence-corrected chi connectivity index (χ0v) is 9.38. The van der Waals surface area contributed by atoms with Crippen molar-refractivity contribution in [3.63, 3.8) is 0 Å². The van der Waals surface area contributed by atoms with Crippen LogP contribution in [0.15, 0.2) is 29.2 Å². The molecular formula is C12H9NO5. The minimum atomic E-state index is -1.31. The number of rotatable bonds is 2. The number of aromatic carboxylic acids is 2. The second-order valence-electron chi connectivity index (χ2n) is 3.83. The lowest BCUT2D eigenvalue weighted by molar-refractivity contribution is 0.0684. The molecule has 2 rings (SSSR count). The van der Waals surface area contributed by atoms with E-state index in [1.165, 1.54) is 29.0 Å². The van der Waals surface area contributed by atoms with Crippen molar-refractivity contribution in [1.82, 2.24) is 4.57 Å². The Kier molecular flexibility index (Phi) is 2.63. The van der Waals surface area contributed by atoms with Crippen LogP contribution in [-0.4, -0.2) is 26.7 Å². The Morgan fingerprint density at radius 2 is 1.83 bits per heavy atom. The van der Waals surface area contributed by atoms with E-state index in [2.05, 4.69) is 0 Å². The molecule has 0 atom stereocenters. The van der Waals surface area contributed by atoms with E-state index in [0.717, 1.165) is 0 Å². The van der Waals surface area contributed by atoms with Crippen LogP contribution in [0.2, 0.25) is 0 Å². The van der Waals surface area contributed by atoms with Gasteiger partial charge in [0.25, 0.3) is 0 Å². The van der Waals surface area contributed by atoms with Gasteiger partial charge < -0.3 is 14.8 Å². The van der Waals surface area contributed by atoms with Crippen molar-refractivity contribution in [2.75, 3.05) is 0 Å². The fourth-order valence-electron chi connectivity index (χ4n) is 1.77. The standard InChI is InChI=1S/C12H9NO5/c1-13-5-8(12(17)18)10(14)7-3-2-6(11(15)16)4-9(7)13/h2-5H,1H3,(H,15,16)(H,17,18). The highest BCUT2D eigenvalue weighted by molar-refractivity contribution is 5.96. The molecule has 0 aliphatic heterocycles. The smallest absolute Gasteiger partial charge is 0.341 e. The van der Waals surface area contributed by atoms with Crippen LogP contribution in [0, 0.1) is 0 Å². The number of aryl methyl sites for hydroxylation is 1. The van der Waals surface area contributed by atoms with Crippen molar-refractivity contribution in [2.24, 2.45) is 7.05 Å². The Labute approximate surface area is 101 Å². The molecule has 6 heteroatoms. The van der Waals surface area contributed by atoms with Gasteiger partial charge in [0.15, 0.2) is 0 Å². The van der Waals surface area contributed by atoms with Gasteiger partial charge in [-0.15, -0.1) is 0 Å². The maximum Gasteiger partial charge on any atom is 0.341 e. The molecular weight excluding hydrogens is 238 g/mol. The molecule has 1 aromatic carbocycles. The summed E-state index contributed by atoms with van der Waals surface area (Å²) in [5.74, 6) is -2.41. The monoisotopic (exact) mass is 247 g/mol. The Balaban J connectivity index is 2.88. The normalized spacial score (nSPS) is 10.5. The van der Waals surface area contributed by atoms with E-state index in [1.807, 2.05) is 0 Å². The lowest BCUT2D eigenvalue weighted by Crippen LogP contribution is -2.18. The summed E-state index contributed by atoms with van der Waals surface area (Å²) in [6, 6.07) is 3.94. The number of hydrogen-bond acceptors (Lipinski definition) is 3. The molecule has 0 amide bonds. The van der Waals surface area contributed by atoms with E-state index >= 15 is 0 Å². The Bertz CT molecular complexity index is 729. The maximum atomic E-state index is 11.9. The highest BCUT2D eigenvalue weighted by Crippen LogP contribution is 2.13. The zero-order chi connectivity index (χ0) is 13.4. The second-order valence-corrected chi connectivity index (χ2v) is 3.83. The van der Waals surface area contributed by atoms with E-state index < -0.39 is 17.4 Å². The molecule has 2 N–H and O–H groups in total. The van der Waals surface area contributed by atoms with Gasteiger partial charge in [-0.05, 0) is 18.2 Å². The van der Waals surface area contributed by atoms with Gasteiger partial charge in [-0.1, -0.05) is 0 Å². The molecule has 0 saturated carbocycles. The number of benzene rings is 1. The first kappa shape index (κ1) is 11.8. The van der Waals surface area contributed by atoms with E-state index in [1.54, 1.807) is 7.05 Å². The van der Waals surface area contributed by atoms with Crippen LogP contribution in [0.5, 0.6) is 0 Å². The van der Waals surface area contributed by atoms with Gasteiger partial charge in [-0.2, -0.15) is 0 Å². The number of carboxylic acid groups (broad SMARTS) is 2. The van der Waals surface area contributed by atoms with Crippen molar-refractivity contribution in [3.8, 4) is 0 Å². The summed E-state index contributed by atoms with van der Waals surface area (Å²) < 4.78 is 1.42. The average Bonchev–Trinajstić information content (AvgIpc) is 2.32. The zero-order valence-electron chi connectivity index (χ0n) is 9.38. The predicted octanol–water partition coefficient (Wildman–Crippen LogP) is 0.935. The van der Waals surface area contributed by atoms with Gasteiger partial charge >= 0.3 is 11.9 Å². The van der Waals surface area contributed by atoms with Gasteiger partial charge in [-0.25, -0.2) is 9.59 Å². The molecule has 0 bridgehead atoms. The number of carbonyl (C=O) groups is 2. The molecule has 1 aromatic heterocycles. The second kappa shape index (κ2) is 3.99. The molecule has 92 valence electrons. The first-order valence-electron chi connectivity index (χ1n) is 5.02. The molecule has 0 aliphatic carbocycles. The highest BCUT2D eigenvalue weighted by atomic mass is 16.4. The molecule has 0 fully saturated rings. The van der Waals surface area contributed by atoms with Crippen LogP contribution in [0.1, 0.15) is 20.7 Å². The van der Waals surface area contributed by atoms with Crippen molar-refractivity contribution in [1.29, 1.82) is 0 Å². The summed E-state index contributed by atoms with van der Waals surface area (Å²) in [5.41, 5.74) is -0.536. The summed E-state index contributed by atoms with van der Waals surface area (Å²) >= 11 is 0. The summed E-state index contributed by atoms with van der Waals surface area (Å²) in [5, 5.41) is 17.9. The SMILES string of the molecule is Cn1cc(C(=O)O)c(=O)c2ccc(C(=O)O)cc21. The van der Waals surface area contributed by atoms with Crippen LogP contribution < -0.4 is 5.43 Å². The minimum Gasteiger partial charge on any atom is -0.478 e. The van der Waals surface area contributed by atoms with E-state index in [-0.39, 0.29) is 16.5 Å². The first-order valence-corrected chi connectivity index (χ1v) is 5.02. The molecule has 0 spiro atoms. The topological polar surface area (TPSA) is 96.6 Å². The third-order valence-electron chi connectivity index (χ3n) is 2.67. The summed E-state index contributed by atoms with van der Waals surface area (Å²) in [4.78, 5) is 33.6. The number of pyridine rings is 1. The van der Waals surface area contributed by atoms with Crippen LogP contribution in [0.25, 0.3) is 10.9 Å². The molecule has 0 aliphatic rings. The average molecular weight is 247 g/mol. The maximum absolute atomic E-state index is 11.9. The van der Waals surface area contributed by atoms with Crippen molar-refractivity contribution in [3.05, 3.63) is 45.7 Å². The summed E-state index contributed by atoms with van der Waals surface area (Å²) in [7, 11) is 1.56. The Hall–Kier alpha value is -2.63. The van der Waals surface area contributed by atoms with Gasteiger partial charge in [0, 0.05) is 18.6 Å². The van der Waals surface area contributed by atoms with Crippen molar-refractivity contribution in [2.45, 2.75) is 0 Å². The molecule has 0 radical (unpaired) electrons. The third kappa shape index (κ3) is 1.73. The number of fused-ring (bicyclic) bond motifs is 1. The largest absolute Gasteiger partial charge is 0.478 e. The lowest BCUT2D eigenvalue weighted by Gasteiger charge is -2.07. The van der Waals surface area contributed by atoms with Gasteiger partial charge in [-0.3, -0.25) is 4.79 Å². The van der Waals surface area contributed by atoms with Crippen LogP contribution in [-0.2, 0) is 7.05 Å². The van der Waals surface area contributed by atoms with Crippen molar-refractivity contribution < 1.29 is 19.8 Å². The molecule has 0 unspecified atom stereocenters. The fraction of sp³-hybridized carbons (Fsp3) is 0.0833. The van der Waals surface area contributed by atoms with E-state index in [9.17, 15) is 14.4 Å². The van der Waals surface area contributed by atoms with Gasteiger partial charge in [0.1, 0.15) is 5.56 Å². The van der Waals surface area contributed by atoms with E-state index in [4.69, 9.17) is 10.2 Å². The Morgan fingerprint density at radius 1 is 1.17 bits per heavy atom. The quantitative estimate of drug-likeness (QED) is 0.823. The van der Waals surface area contributed by atoms with Crippen molar-refractivity contribution >= 4 is 22.8 Å².